The molecule has 0 amide bonds. The Balaban J connectivity index is 2.05. The number of ether oxygens (including phenoxy) is 1. The van der Waals surface area contributed by atoms with Crippen molar-refractivity contribution in [2.24, 2.45) is 0 Å². The summed E-state index contributed by atoms with van der Waals surface area (Å²) in [6.07, 6.45) is 0.236. The predicted molar refractivity (Wildman–Crippen MR) is 71.3 cm³/mol. The molecule has 0 aliphatic heterocycles. The van der Waals surface area contributed by atoms with E-state index >= 15 is 0 Å². The van der Waals surface area contributed by atoms with Crippen molar-refractivity contribution in [1.82, 2.24) is 4.98 Å². The Bertz CT molecular complexity index is 540. The molecule has 0 saturated carbocycles. The van der Waals surface area contributed by atoms with E-state index in [1.54, 1.807) is 30.3 Å². The molecule has 0 spiro atoms. The molecule has 98 valence electrons. The summed E-state index contributed by atoms with van der Waals surface area (Å²) < 4.78 is 5.21. The molecule has 0 aliphatic carbocycles. The van der Waals surface area contributed by atoms with E-state index in [0.29, 0.717) is 17.1 Å². The number of hydrogen-bond acceptors (Lipinski definition) is 4. The topological polar surface area (TPSA) is 59.4 Å². The fraction of sp³-hybridized carbons (Fsp3) is 0.200. The van der Waals surface area contributed by atoms with Crippen molar-refractivity contribution < 1.29 is 14.6 Å². The summed E-state index contributed by atoms with van der Waals surface area (Å²) in [4.78, 5) is 16.2. The second-order valence-corrected chi connectivity index (χ2v) is 4.01. The number of benzene rings is 1. The normalized spacial score (nSPS) is 10.2. The van der Waals surface area contributed by atoms with Gasteiger partial charge in [0.2, 0.25) is 5.88 Å². The van der Waals surface area contributed by atoms with Crippen LogP contribution in [-0.4, -0.2) is 29.1 Å². The summed E-state index contributed by atoms with van der Waals surface area (Å²) >= 11 is 0. The minimum atomic E-state index is -0.0607. The maximum atomic E-state index is 12.0. The summed E-state index contributed by atoms with van der Waals surface area (Å²) in [5.41, 5.74) is 1.33. The monoisotopic (exact) mass is 257 g/mol. The van der Waals surface area contributed by atoms with E-state index in [4.69, 9.17) is 9.84 Å². The quantitative estimate of drug-likeness (QED) is 0.803. The Morgan fingerprint density at radius 2 is 1.89 bits per heavy atom. The standard InChI is InChI=1S/C15H15NO3/c17-9-10-19-15-8-4-7-13(16-15)11-14(18)12-5-2-1-3-6-12/h1-8,17H,9-11H2. The van der Waals surface area contributed by atoms with Crippen molar-refractivity contribution in [2.75, 3.05) is 13.2 Å². The number of pyridine rings is 1. The van der Waals surface area contributed by atoms with Gasteiger partial charge in [0.15, 0.2) is 5.78 Å². The lowest BCUT2D eigenvalue weighted by molar-refractivity contribution is 0.0991. The first-order valence-corrected chi connectivity index (χ1v) is 6.07. The van der Waals surface area contributed by atoms with Crippen LogP contribution in [0.4, 0.5) is 0 Å². The third-order valence-corrected chi connectivity index (χ3v) is 2.56. The van der Waals surface area contributed by atoms with Gasteiger partial charge in [-0.25, -0.2) is 4.98 Å². The molecule has 2 rings (SSSR count). The number of nitrogens with zero attached hydrogens (tertiary/aromatic N) is 1. The SMILES string of the molecule is O=C(Cc1cccc(OCCO)n1)c1ccccc1. The zero-order valence-electron chi connectivity index (χ0n) is 10.5. The van der Waals surface area contributed by atoms with Gasteiger partial charge in [0.25, 0.3) is 0 Å². The van der Waals surface area contributed by atoms with E-state index in [1.807, 2.05) is 18.2 Å². The minimum Gasteiger partial charge on any atom is -0.475 e. The number of aliphatic hydroxyl groups excluding tert-OH is 1. The Hall–Kier alpha value is -2.20. The lowest BCUT2D eigenvalue weighted by Crippen LogP contribution is -2.07. The highest BCUT2D eigenvalue weighted by atomic mass is 16.5. The lowest BCUT2D eigenvalue weighted by Gasteiger charge is -2.05. The third-order valence-electron chi connectivity index (χ3n) is 2.56. The van der Waals surface area contributed by atoms with Gasteiger partial charge in [-0.3, -0.25) is 4.79 Å². The molecule has 4 nitrogen and oxygen atoms in total. The molecular formula is C15H15NO3. The van der Waals surface area contributed by atoms with E-state index in [2.05, 4.69) is 4.98 Å². The number of carbonyl (C=O) groups is 1. The van der Waals surface area contributed by atoms with Crippen LogP contribution in [0.15, 0.2) is 48.5 Å². The maximum Gasteiger partial charge on any atom is 0.213 e. The number of rotatable bonds is 6. The predicted octanol–water partition coefficient (Wildman–Crippen LogP) is 1.88. The number of hydrogen-bond donors (Lipinski definition) is 1. The van der Waals surface area contributed by atoms with Gasteiger partial charge in [0.1, 0.15) is 6.61 Å². The van der Waals surface area contributed by atoms with Crippen molar-refractivity contribution >= 4 is 5.78 Å². The molecule has 4 heteroatoms. The Morgan fingerprint density at radius 3 is 2.63 bits per heavy atom. The zero-order valence-corrected chi connectivity index (χ0v) is 10.5. The van der Waals surface area contributed by atoms with Crippen LogP contribution in [-0.2, 0) is 6.42 Å². The number of aliphatic hydroxyl groups is 1. The van der Waals surface area contributed by atoms with E-state index in [0.717, 1.165) is 0 Å². The molecule has 0 radical (unpaired) electrons. The average molecular weight is 257 g/mol. The molecule has 1 aromatic carbocycles. The number of ketones is 1. The molecule has 0 saturated heterocycles. The molecular weight excluding hydrogens is 242 g/mol. The van der Waals surface area contributed by atoms with Gasteiger partial charge in [-0.05, 0) is 6.07 Å². The summed E-state index contributed by atoms with van der Waals surface area (Å²) in [5.74, 6) is 0.444. The molecule has 0 atom stereocenters. The highest BCUT2D eigenvalue weighted by molar-refractivity contribution is 5.97. The van der Waals surface area contributed by atoms with Gasteiger partial charge in [-0.1, -0.05) is 36.4 Å². The van der Waals surface area contributed by atoms with Crippen LogP contribution < -0.4 is 4.74 Å². The van der Waals surface area contributed by atoms with E-state index in [-0.39, 0.29) is 25.4 Å². The van der Waals surface area contributed by atoms with Crippen LogP contribution in [0, 0.1) is 0 Å². The van der Waals surface area contributed by atoms with Crippen LogP contribution in [0.2, 0.25) is 0 Å². The van der Waals surface area contributed by atoms with Crippen LogP contribution in [0.3, 0.4) is 0 Å². The van der Waals surface area contributed by atoms with Crippen molar-refractivity contribution in [3.05, 3.63) is 59.8 Å². The fourth-order valence-electron chi connectivity index (χ4n) is 1.68. The van der Waals surface area contributed by atoms with E-state index in [1.165, 1.54) is 0 Å². The fourth-order valence-corrected chi connectivity index (χ4v) is 1.68. The Kier molecular flexibility index (Phi) is 4.64. The van der Waals surface area contributed by atoms with E-state index in [9.17, 15) is 4.79 Å². The van der Waals surface area contributed by atoms with Gasteiger partial charge >= 0.3 is 0 Å². The largest absolute Gasteiger partial charge is 0.475 e. The second-order valence-electron chi connectivity index (χ2n) is 4.01. The van der Waals surface area contributed by atoms with Crippen LogP contribution in [0.25, 0.3) is 0 Å². The number of aromatic nitrogens is 1. The first-order chi connectivity index (χ1) is 9.29. The van der Waals surface area contributed by atoms with Crippen molar-refractivity contribution in [3.8, 4) is 5.88 Å². The Labute approximate surface area is 111 Å². The molecule has 1 heterocycles. The minimum absolute atomic E-state index is 0.0207. The molecule has 0 aliphatic rings. The number of Topliss-reactive ketones (excluding diaryl/α,β-unsaturated/α-hetero) is 1. The second kappa shape index (κ2) is 6.66. The Morgan fingerprint density at radius 1 is 1.11 bits per heavy atom. The van der Waals surface area contributed by atoms with Gasteiger partial charge < -0.3 is 9.84 Å². The van der Waals surface area contributed by atoms with Crippen molar-refractivity contribution in [1.29, 1.82) is 0 Å². The van der Waals surface area contributed by atoms with Gasteiger partial charge in [0, 0.05) is 11.6 Å². The molecule has 19 heavy (non-hydrogen) atoms. The first kappa shape index (κ1) is 13.2. The molecule has 1 N–H and O–H groups in total. The highest BCUT2D eigenvalue weighted by Gasteiger charge is 2.08. The lowest BCUT2D eigenvalue weighted by atomic mass is 10.1. The number of carbonyl (C=O) groups excluding carboxylic acids is 1. The molecule has 0 unspecified atom stereocenters. The van der Waals surface area contributed by atoms with Crippen molar-refractivity contribution in [3.63, 3.8) is 0 Å². The average Bonchev–Trinajstić information content (AvgIpc) is 2.46. The summed E-state index contributed by atoms with van der Waals surface area (Å²) in [6, 6.07) is 14.4. The first-order valence-electron chi connectivity index (χ1n) is 6.07. The van der Waals surface area contributed by atoms with E-state index < -0.39 is 0 Å². The van der Waals surface area contributed by atoms with Crippen LogP contribution >= 0.6 is 0 Å². The van der Waals surface area contributed by atoms with Gasteiger partial charge in [-0.2, -0.15) is 0 Å². The van der Waals surface area contributed by atoms with Crippen LogP contribution in [0.5, 0.6) is 5.88 Å². The summed E-state index contributed by atoms with van der Waals surface area (Å²) in [5, 5.41) is 8.68. The molecule has 1 aromatic heterocycles. The van der Waals surface area contributed by atoms with Gasteiger partial charge in [-0.15, -0.1) is 0 Å². The van der Waals surface area contributed by atoms with Crippen LogP contribution in [0.1, 0.15) is 16.1 Å². The van der Waals surface area contributed by atoms with Gasteiger partial charge in [0.05, 0.1) is 18.7 Å². The molecule has 0 fully saturated rings. The highest BCUT2D eigenvalue weighted by Crippen LogP contribution is 2.10. The summed E-state index contributed by atoms with van der Waals surface area (Å²) in [7, 11) is 0. The molecule has 2 aromatic rings. The van der Waals surface area contributed by atoms with Crippen molar-refractivity contribution in [2.45, 2.75) is 6.42 Å². The maximum absolute atomic E-state index is 12.0. The smallest absolute Gasteiger partial charge is 0.213 e. The third kappa shape index (κ3) is 3.89. The summed E-state index contributed by atoms with van der Waals surface area (Å²) in [6.45, 7) is 0.137. The molecule has 0 bridgehead atoms. The zero-order chi connectivity index (χ0) is 13.5.